The topological polar surface area (TPSA) is 77.0 Å². The van der Waals surface area contributed by atoms with Crippen molar-refractivity contribution in [2.75, 3.05) is 13.1 Å². The van der Waals surface area contributed by atoms with Crippen LogP contribution in [0, 0.1) is 5.92 Å². The van der Waals surface area contributed by atoms with E-state index in [1.165, 1.54) is 0 Å². The Labute approximate surface area is 180 Å². The number of carbonyl (C=O) groups is 1. The van der Waals surface area contributed by atoms with Crippen LogP contribution < -0.4 is 0 Å². The van der Waals surface area contributed by atoms with Crippen molar-refractivity contribution in [3.8, 4) is 11.1 Å². The van der Waals surface area contributed by atoms with Gasteiger partial charge in [-0.3, -0.25) is 19.4 Å². The summed E-state index contributed by atoms with van der Waals surface area (Å²) < 4.78 is 7.13. The number of hydrogen-bond acceptors (Lipinski definition) is 6. The van der Waals surface area contributed by atoms with Crippen LogP contribution in [0.15, 0.2) is 59.7 Å². The van der Waals surface area contributed by atoms with Crippen LogP contribution in [-0.4, -0.2) is 43.5 Å². The van der Waals surface area contributed by atoms with Gasteiger partial charge < -0.3 is 4.42 Å². The fourth-order valence-electron chi connectivity index (χ4n) is 4.29. The number of fused-ring (bicyclic) bond motifs is 1. The zero-order valence-corrected chi connectivity index (χ0v) is 17.6. The van der Waals surface area contributed by atoms with E-state index >= 15 is 0 Å². The summed E-state index contributed by atoms with van der Waals surface area (Å²) in [7, 11) is 1.91. The molecule has 0 aliphatic carbocycles. The lowest BCUT2D eigenvalue weighted by Gasteiger charge is -2.30. The molecule has 0 saturated carbocycles. The Balaban J connectivity index is 1.24. The monoisotopic (exact) mass is 415 g/mol. The molecule has 1 saturated heterocycles. The first kappa shape index (κ1) is 19.6. The highest BCUT2D eigenvalue weighted by Crippen LogP contribution is 2.25. The first-order valence-electron chi connectivity index (χ1n) is 10.7. The molecule has 0 radical (unpaired) electrons. The number of Topliss-reactive ketones (excluding diaryl/α,β-unsaturated/α-hetero) is 1. The average Bonchev–Trinajstić information content (AvgIpc) is 3.45. The second-order valence-electron chi connectivity index (χ2n) is 8.26. The van der Waals surface area contributed by atoms with Crippen LogP contribution in [0.1, 0.15) is 24.4 Å². The number of oxazole rings is 1. The van der Waals surface area contributed by atoms with Gasteiger partial charge in [-0.25, -0.2) is 4.98 Å². The molecule has 158 valence electrons. The van der Waals surface area contributed by atoms with Gasteiger partial charge in [0.2, 0.25) is 5.89 Å². The number of ketones is 1. The predicted octanol–water partition coefficient (Wildman–Crippen LogP) is 3.65. The summed E-state index contributed by atoms with van der Waals surface area (Å²) in [6, 6.07) is 8.34. The minimum atomic E-state index is 0.0973. The number of hydrogen-bond donors (Lipinski definition) is 0. The molecule has 1 aliphatic rings. The number of nitrogens with zero attached hydrogens (tertiary/aromatic N) is 5. The van der Waals surface area contributed by atoms with Crippen LogP contribution >= 0.6 is 0 Å². The second-order valence-corrected chi connectivity index (χ2v) is 8.26. The lowest BCUT2D eigenvalue weighted by atomic mass is 9.90. The number of benzene rings is 1. The fraction of sp³-hybridized carbons (Fsp3) is 0.333. The van der Waals surface area contributed by atoms with E-state index in [4.69, 9.17) is 4.42 Å². The Bertz CT molecular complexity index is 1190. The summed E-state index contributed by atoms with van der Waals surface area (Å²) in [6.45, 7) is 2.48. The number of pyridine rings is 1. The SMILES string of the molecule is Cn1cc(-c2ccc3cnc(CC(=O)C4CCN(Cc5ncco5)CC4)cc3c2)cn1. The van der Waals surface area contributed by atoms with Gasteiger partial charge in [-0.05, 0) is 49.0 Å². The number of rotatable bonds is 6. The lowest BCUT2D eigenvalue weighted by molar-refractivity contribution is -0.123. The van der Waals surface area contributed by atoms with Crippen LogP contribution in [0.2, 0.25) is 0 Å². The zero-order chi connectivity index (χ0) is 21.2. The molecule has 4 heterocycles. The largest absolute Gasteiger partial charge is 0.448 e. The molecule has 3 aromatic heterocycles. The van der Waals surface area contributed by atoms with Gasteiger partial charge in [-0.2, -0.15) is 5.10 Å². The van der Waals surface area contributed by atoms with Gasteiger partial charge in [0.05, 0.1) is 18.9 Å². The molecule has 4 aromatic rings. The highest BCUT2D eigenvalue weighted by atomic mass is 16.3. The molecule has 0 amide bonds. The fourth-order valence-corrected chi connectivity index (χ4v) is 4.29. The van der Waals surface area contributed by atoms with Gasteiger partial charge >= 0.3 is 0 Å². The Hall–Kier alpha value is -3.32. The molecule has 1 aromatic carbocycles. The van der Waals surface area contributed by atoms with Gasteiger partial charge in [0, 0.05) is 48.4 Å². The quantitative estimate of drug-likeness (QED) is 0.478. The minimum Gasteiger partial charge on any atom is -0.448 e. The summed E-state index contributed by atoms with van der Waals surface area (Å²) in [5, 5.41) is 6.43. The average molecular weight is 415 g/mol. The summed E-state index contributed by atoms with van der Waals surface area (Å²) in [4.78, 5) is 23.9. The molecule has 7 nitrogen and oxygen atoms in total. The van der Waals surface area contributed by atoms with Gasteiger partial charge in [0.1, 0.15) is 12.0 Å². The highest BCUT2D eigenvalue weighted by molar-refractivity contribution is 5.88. The van der Waals surface area contributed by atoms with E-state index in [9.17, 15) is 4.79 Å². The lowest BCUT2D eigenvalue weighted by Crippen LogP contribution is -2.36. The molecule has 0 bridgehead atoms. The second kappa shape index (κ2) is 8.43. The number of likely N-dealkylation sites (tertiary alicyclic amines) is 1. The van der Waals surface area contributed by atoms with Crippen LogP contribution in [0.4, 0.5) is 0 Å². The third kappa shape index (κ3) is 4.41. The maximum Gasteiger partial charge on any atom is 0.208 e. The van der Waals surface area contributed by atoms with Crippen molar-refractivity contribution >= 4 is 16.6 Å². The Morgan fingerprint density at radius 3 is 2.71 bits per heavy atom. The standard InChI is InChI=1S/C24H25N5O2/c1-28-15-21(14-27-28)18-2-3-19-13-26-22(11-20(19)10-18)12-23(30)17-4-7-29(8-5-17)16-24-25-6-9-31-24/h2-3,6,9-11,13-15,17H,4-5,7-8,12,16H2,1H3. The predicted molar refractivity (Wildman–Crippen MR) is 117 cm³/mol. The molecule has 1 fully saturated rings. The van der Waals surface area contributed by atoms with Gasteiger partial charge in [0.15, 0.2) is 0 Å². The Morgan fingerprint density at radius 1 is 1.10 bits per heavy atom. The van der Waals surface area contributed by atoms with Crippen molar-refractivity contribution in [3.05, 3.63) is 66.9 Å². The van der Waals surface area contributed by atoms with E-state index in [0.29, 0.717) is 13.0 Å². The van der Waals surface area contributed by atoms with Crippen molar-refractivity contribution < 1.29 is 9.21 Å². The van der Waals surface area contributed by atoms with Crippen molar-refractivity contribution in [3.63, 3.8) is 0 Å². The molecule has 1 aliphatic heterocycles. The third-order valence-electron chi connectivity index (χ3n) is 6.06. The molecular weight excluding hydrogens is 390 g/mol. The Morgan fingerprint density at radius 2 is 1.97 bits per heavy atom. The molecule has 7 heteroatoms. The van der Waals surface area contributed by atoms with Crippen LogP contribution in [0.5, 0.6) is 0 Å². The summed E-state index contributed by atoms with van der Waals surface area (Å²) in [6.07, 6.45) is 11.1. The van der Waals surface area contributed by atoms with Gasteiger partial charge in [-0.1, -0.05) is 12.1 Å². The van der Waals surface area contributed by atoms with E-state index < -0.39 is 0 Å². The number of piperidine rings is 1. The van der Waals surface area contributed by atoms with E-state index in [1.807, 2.05) is 31.7 Å². The maximum atomic E-state index is 12.9. The first-order chi connectivity index (χ1) is 15.1. The summed E-state index contributed by atoms with van der Waals surface area (Å²) in [5.74, 6) is 1.11. The van der Waals surface area contributed by atoms with Crippen molar-refractivity contribution in [1.82, 2.24) is 24.6 Å². The van der Waals surface area contributed by atoms with Gasteiger partial charge in [0.25, 0.3) is 0 Å². The van der Waals surface area contributed by atoms with E-state index in [2.05, 4.69) is 38.2 Å². The van der Waals surface area contributed by atoms with Crippen LogP contribution in [-0.2, 0) is 24.8 Å². The summed E-state index contributed by atoms with van der Waals surface area (Å²) >= 11 is 0. The van der Waals surface area contributed by atoms with Crippen LogP contribution in [0.3, 0.4) is 0 Å². The van der Waals surface area contributed by atoms with Crippen molar-refractivity contribution in [2.24, 2.45) is 13.0 Å². The first-order valence-corrected chi connectivity index (χ1v) is 10.7. The minimum absolute atomic E-state index is 0.0973. The molecule has 5 rings (SSSR count). The van der Waals surface area contributed by atoms with E-state index in [0.717, 1.165) is 59.4 Å². The number of carbonyl (C=O) groups excluding carboxylic acids is 1. The molecule has 0 unspecified atom stereocenters. The molecule has 31 heavy (non-hydrogen) atoms. The number of aryl methyl sites for hydroxylation is 1. The summed E-state index contributed by atoms with van der Waals surface area (Å²) in [5.41, 5.74) is 3.03. The molecular formula is C24H25N5O2. The number of aromatic nitrogens is 4. The maximum absolute atomic E-state index is 12.9. The Kier molecular flexibility index (Phi) is 5.34. The normalized spacial score (nSPS) is 15.5. The van der Waals surface area contributed by atoms with Crippen LogP contribution in [0.25, 0.3) is 21.9 Å². The molecule has 0 N–H and O–H groups in total. The van der Waals surface area contributed by atoms with Crippen molar-refractivity contribution in [1.29, 1.82) is 0 Å². The third-order valence-corrected chi connectivity index (χ3v) is 6.06. The van der Waals surface area contributed by atoms with Crippen molar-refractivity contribution in [2.45, 2.75) is 25.8 Å². The van der Waals surface area contributed by atoms with E-state index in [1.54, 1.807) is 17.1 Å². The highest BCUT2D eigenvalue weighted by Gasteiger charge is 2.25. The van der Waals surface area contributed by atoms with Gasteiger partial charge in [-0.15, -0.1) is 0 Å². The molecule has 0 atom stereocenters. The van der Waals surface area contributed by atoms with E-state index in [-0.39, 0.29) is 11.7 Å². The zero-order valence-electron chi connectivity index (χ0n) is 17.6. The molecule has 0 spiro atoms. The smallest absolute Gasteiger partial charge is 0.208 e.